The van der Waals surface area contributed by atoms with Crippen molar-refractivity contribution in [1.82, 2.24) is 10.4 Å². The molecule has 0 bridgehead atoms. The molecule has 2 rings (SSSR count). The minimum Gasteiger partial charge on any atom is -0.271 e. The molecule has 1 atom stereocenters. The van der Waals surface area contributed by atoms with Crippen LogP contribution < -0.4 is 11.3 Å². The highest BCUT2D eigenvalue weighted by atomic mass is 19.1. The molecule has 0 fully saturated rings. The highest BCUT2D eigenvalue weighted by Gasteiger charge is 2.10. The first-order chi connectivity index (χ1) is 8.69. The molecule has 1 aromatic carbocycles. The Morgan fingerprint density at radius 2 is 1.94 bits per heavy atom. The predicted octanol–water partition coefficient (Wildman–Crippen LogP) is 2.28. The zero-order valence-electron chi connectivity index (χ0n) is 10.2. The molecule has 0 aliphatic rings. The lowest BCUT2D eigenvalue weighted by molar-refractivity contribution is 0.549. The first kappa shape index (κ1) is 12.7. The molecule has 3 nitrogen and oxygen atoms in total. The molecule has 1 aromatic heterocycles. The summed E-state index contributed by atoms with van der Waals surface area (Å²) in [6, 6.07) is 10.4. The van der Waals surface area contributed by atoms with Crippen LogP contribution >= 0.6 is 0 Å². The SMILES string of the molecule is Cc1ccc(C(Cc2ccc(F)cc2)NN)cn1. The van der Waals surface area contributed by atoms with Crippen molar-refractivity contribution in [3.63, 3.8) is 0 Å². The molecule has 18 heavy (non-hydrogen) atoms. The third kappa shape index (κ3) is 3.12. The molecule has 3 N–H and O–H groups in total. The number of nitrogens with one attached hydrogen (secondary N) is 1. The zero-order chi connectivity index (χ0) is 13.0. The summed E-state index contributed by atoms with van der Waals surface area (Å²) in [5.41, 5.74) is 5.78. The highest BCUT2D eigenvalue weighted by Crippen LogP contribution is 2.17. The van der Waals surface area contributed by atoms with Gasteiger partial charge in [0, 0.05) is 11.9 Å². The number of hydrogen-bond donors (Lipinski definition) is 2. The van der Waals surface area contributed by atoms with Crippen molar-refractivity contribution in [2.45, 2.75) is 19.4 Å². The molecule has 94 valence electrons. The van der Waals surface area contributed by atoms with Gasteiger partial charge in [0.2, 0.25) is 0 Å². The Morgan fingerprint density at radius 3 is 2.50 bits per heavy atom. The van der Waals surface area contributed by atoms with Crippen molar-refractivity contribution in [1.29, 1.82) is 0 Å². The largest absolute Gasteiger partial charge is 0.271 e. The summed E-state index contributed by atoms with van der Waals surface area (Å²) in [5.74, 6) is 5.34. The van der Waals surface area contributed by atoms with Gasteiger partial charge in [-0.3, -0.25) is 16.3 Å². The van der Waals surface area contributed by atoms with E-state index in [1.165, 1.54) is 12.1 Å². The predicted molar refractivity (Wildman–Crippen MR) is 69.1 cm³/mol. The van der Waals surface area contributed by atoms with E-state index < -0.39 is 0 Å². The van der Waals surface area contributed by atoms with Gasteiger partial charge >= 0.3 is 0 Å². The maximum Gasteiger partial charge on any atom is 0.123 e. The summed E-state index contributed by atoms with van der Waals surface area (Å²) in [7, 11) is 0. The van der Waals surface area contributed by atoms with E-state index in [-0.39, 0.29) is 11.9 Å². The molecule has 0 saturated carbocycles. The van der Waals surface area contributed by atoms with Crippen molar-refractivity contribution in [3.8, 4) is 0 Å². The quantitative estimate of drug-likeness (QED) is 0.642. The summed E-state index contributed by atoms with van der Waals surface area (Å²) in [5, 5.41) is 0. The van der Waals surface area contributed by atoms with Crippen LogP contribution in [0.1, 0.15) is 22.9 Å². The van der Waals surface area contributed by atoms with Gasteiger partial charge in [0.05, 0.1) is 6.04 Å². The highest BCUT2D eigenvalue weighted by molar-refractivity contribution is 5.23. The third-order valence-electron chi connectivity index (χ3n) is 2.89. The molecule has 0 saturated heterocycles. The topological polar surface area (TPSA) is 50.9 Å². The van der Waals surface area contributed by atoms with Crippen LogP contribution in [-0.2, 0) is 6.42 Å². The second-order valence-electron chi connectivity index (χ2n) is 4.28. The van der Waals surface area contributed by atoms with Gasteiger partial charge in [0.1, 0.15) is 5.82 Å². The van der Waals surface area contributed by atoms with E-state index in [9.17, 15) is 4.39 Å². The minimum absolute atomic E-state index is 0.0245. The number of nitrogens with two attached hydrogens (primary N) is 1. The second-order valence-corrected chi connectivity index (χ2v) is 4.28. The Morgan fingerprint density at radius 1 is 1.22 bits per heavy atom. The first-order valence-electron chi connectivity index (χ1n) is 5.82. The Bertz CT molecular complexity index is 493. The fourth-order valence-corrected chi connectivity index (χ4v) is 1.81. The van der Waals surface area contributed by atoms with Gasteiger partial charge < -0.3 is 0 Å². The Hall–Kier alpha value is -1.78. The number of hydrogen-bond acceptors (Lipinski definition) is 3. The normalized spacial score (nSPS) is 12.4. The lowest BCUT2D eigenvalue weighted by atomic mass is 10.0. The van der Waals surface area contributed by atoms with Crippen LogP contribution in [0.2, 0.25) is 0 Å². The minimum atomic E-state index is -0.229. The number of benzene rings is 1. The van der Waals surface area contributed by atoms with Crippen LogP contribution in [0.3, 0.4) is 0 Å². The average Bonchev–Trinajstić information content (AvgIpc) is 2.39. The van der Waals surface area contributed by atoms with E-state index in [2.05, 4.69) is 10.4 Å². The molecule has 2 aromatic rings. The molecule has 1 heterocycles. The smallest absolute Gasteiger partial charge is 0.123 e. The van der Waals surface area contributed by atoms with Gasteiger partial charge in [0.15, 0.2) is 0 Å². The molecule has 0 spiro atoms. The van der Waals surface area contributed by atoms with Gasteiger partial charge in [-0.1, -0.05) is 18.2 Å². The van der Waals surface area contributed by atoms with Crippen LogP contribution in [0.15, 0.2) is 42.6 Å². The zero-order valence-corrected chi connectivity index (χ0v) is 10.2. The lowest BCUT2D eigenvalue weighted by Crippen LogP contribution is -2.29. The first-order valence-corrected chi connectivity index (χ1v) is 5.82. The van der Waals surface area contributed by atoms with Crippen molar-refractivity contribution in [2.24, 2.45) is 5.84 Å². The number of pyridine rings is 1. The molecule has 1 unspecified atom stereocenters. The monoisotopic (exact) mass is 245 g/mol. The molecular formula is C14H16FN3. The summed E-state index contributed by atoms with van der Waals surface area (Å²) >= 11 is 0. The van der Waals surface area contributed by atoms with Crippen LogP contribution in [0.4, 0.5) is 4.39 Å². The van der Waals surface area contributed by atoms with Gasteiger partial charge in [-0.15, -0.1) is 0 Å². The summed E-state index contributed by atoms with van der Waals surface area (Å²) in [6.45, 7) is 1.94. The van der Waals surface area contributed by atoms with E-state index in [1.807, 2.05) is 25.3 Å². The maximum atomic E-state index is 12.8. The fraction of sp³-hybridized carbons (Fsp3) is 0.214. The summed E-state index contributed by atoms with van der Waals surface area (Å²) in [4.78, 5) is 4.25. The van der Waals surface area contributed by atoms with E-state index in [4.69, 9.17) is 5.84 Å². The number of halogens is 1. The van der Waals surface area contributed by atoms with E-state index in [1.54, 1.807) is 12.1 Å². The second kappa shape index (κ2) is 5.71. The van der Waals surface area contributed by atoms with Crippen molar-refractivity contribution in [3.05, 3.63) is 65.2 Å². The van der Waals surface area contributed by atoms with Gasteiger partial charge in [-0.2, -0.15) is 0 Å². The lowest BCUT2D eigenvalue weighted by Gasteiger charge is -2.16. The van der Waals surface area contributed by atoms with Crippen LogP contribution in [0.5, 0.6) is 0 Å². The summed E-state index contributed by atoms with van der Waals surface area (Å²) < 4.78 is 12.8. The third-order valence-corrected chi connectivity index (χ3v) is 2.89. The Balaban J connectivity index is 2.14. The molecule has 0 radical (unpaired) electrons. The fourth-order valence-electron chi connectivity index (χ4n) is 1.81. The van der Waals surface area contributed by atoms with Crippen molar-refractivity contribution < 1.29 is 4.39 Å². The molecule has 0 aliphatic heterocycles. The Kier molecular flexibility index (Phi) is 4.02. The van der Waals surface area contributed by atoms with Crippen LogP contribution in [-0.4, -0.2) is 4.98 Å². The van der Waals surface area contributed by atoms with Crippen LogP contribution in [0, 0.1) is 12.7 Å². The molecule has 4 heteroatoms. The van der Waals surface area contributed by atoms with Gasteiger partial charge in [-0.05, 0) is 42.7 Å². The molecule has 0 amide bonds. The van der Waals surface area contributed by atoms with E-state index in [0.717, 1.165) is 16.8 Å². The van der Waals surface area contributed by atoms with E-state index >= 15 is 0 Å². The maximum absolute atomic E-state index is 12.8. The van der Waals surface area contributed by atoms with Gasteiger partial charge in [0.25, 0.3) is 0 Å². The number of aromatic nitrogens is 1. The molecular weight excluding hydrogens is 229 g/mol. The van der Waals surface area contributed by atoms with Crippen molar-refractivity contribution >= 4 is 0 Å². The van der Waals surface area contributed by atoms with Crippen molar-refractivity contribution in [2.75, 3.05) is 0 Å². The van der Waals surface area contributed by atoms with Gasteiger partial charge in [-0.25, -0.2) is 4.39 Å². The summed E-state index contributed by atoms with van der Waals surface area (Å²) in [6.07, 6.45) is 2.50. The molecule has 0 aliphatic carbocycles. The Labute approximate surface area is 106 Å². The number of nitrogens with zero attached hydrogens (tertiary/aromatic N) is 1. The number of aryl methyl sites for hydroxylation is 1. The average molecular weight is 245 g/mol. The van der Waals surface area contributed by atoms with Crippen LogP contribution in [0.25, 0.3) is 0 Å². The number of hydrazine groups is 1. The standard InChI is InChI=1S/C14H16FN3/c1-10-2-5-12(9-17-10)14(18-16)8-11-3-6-13(15)7-4-11/h2-7,9,14,18H,8,16H2,1H3. The van der Waals surface area contributed by atoms with E-state index in [0.29, 0.717) is 6.42 Å². The number of rotatable bonds is 4.